The molecule has 81 valence electrons. The van der Waals surface area contributed by atoms with Gasteiger partial charge in [0, 0.05) is 0 Å². The van der Waals surface area contributed by atoms with Gasteiger partial charge in [0.25, 0.3) is 0 Å². The zero-order valence-corrected chi connectivity index (χ0v) is 7.92. The molecule has 0 amide bonds. The number of hydrogen-bond donors (Lipinski definition) is 0. The van der Waals surface area contributed by atoms with Crippen molar-refractivity contribution in [1.29, 1.82) is 0 Å². The average Bonchev–Trinajstić information content (AvgIpc) is 2.02. The van der Waals surface area contributed by atoms with Crippen LogP contribution in [0.5, 0.6) is 5.75 Å². The largest absolute Gasteiger partial charge is 0.573 e. The fourth-order valence-corrected chi connectivity index (χ4v) is 1.62. The number of hydrogen-bond acceptors (Lipinski definition) is 1. The molecule has 1 nitrogen and oxygen atoms in total. The van der Waals surface area contributed by atoms with E-state index in [1.165, 1.54) is 6.07 Å². The molecule has 1 aliphatic carbocycles. The number of alkyl halides is 3. The first-order chi connectivity index (χ1) is 7.06. The topological polar surface area (TPSA) is 9.23 Å². The molecule has 0 aliphatic heterocycles. The Morgan fingerprint density at radius 1 is 1.20 bits per heavy atom. The molecule has 0 bridgehead atoms. The van der Waals surface area contributed by atoms with Crippen LogP contribution in [0.3, 0.4) is 0 Å². The highest BCUT2D eigenvalue weighted by atomic mass is 19.4. The third kappa shape index (κ3) is 2.43. The van der Waals surface area contributed by atoms with E-state index in [0.29, 0.717) is 5.56 Å². The van der Waals surface area contributed by atoms with Crippen molar-refractivity contribution in [1.82, 2.24) is 0 Å². The van der Waals surface area contributed by atoms with Crippen molar-refractivity contribution >= 4 is 0 Å². The lowest BCUT2D eigenvalue weighted by atomic mass is 9.80. The number of ether oxygens (including phenoxy) is 1. The van der Waals surface area contributed by atoms with Crippen LogP contribution in [0, 0.1) is 6.42 Å². The number of rotatable bonds is 2. The minimum atomic E-state index is -4.61. The first kappa shape index (κ1) is 10.3. The number of para-hydroxylation sites is 1. The molecule has 2 rings (SSSR count). The summed E-state index contributed by atoms with van der Waals surface area (Å²) in [6.45, 7) is 0. The summed E-state index contributed by atoms with van der Waals surface area (Å²) >= 11 is 0. The molecule has 0 heterocycles. The summed E-state index contributed by atoms with van der Waals surface area (Å²) in [6, 6.07) is 6.31. The highest BCUT2D eigenvalue weighted by molar-refractivity contribution is 5.39. The van der Waals surface area contributed by atoms with Gasteiger partial charge < -0.3 is 4.74 Å². The van der Waals surface area contributed by atoms with E-state index in [0.717, 1.165) is 12.8 Å². The molecule has 1 saturated carbocycles. The molecule has 0 N–H and O–H groups in total. The Morgan fingerprint density at radius 3 is 2.40 bits per heavy atom. The zero-order chi connectivity index (χ0) is 10.9. The number of halogens is 3. The van der Waals surface area contributed by atoms with Crippen molar-refractivity contribution in [3.05, 3.63) is 36.2 Å². The standard InChI is InChI=1S/C11H10F3O/c12-11(13,14)15-10-7-2-1-6-9(10)8-4-3-5-8/h1-2,4,6-8H,3,5H2. The van der Waals surface area contributed by atoms with Crippen LogP contribution in [0.2, 0.25) is 0 Å². The molecule has 0 spiro atoms. The number of benzene rings is 1. The smallest absolute Gasteiger partial charge is 0.405 e. The molecular weight excluding hydrogens is 205 g/mol. The van der Waals surface area contributed by atoms with Gasteiger partial charge >= 0.3 is 6.36 Å². The van der Waals surface area contributed by atoms with Crippen LogP contribution in [0.15, 0.2) is 24.3 Å². The van der Waals surface area contributed by atoms with E-state index in [-0.39, 0.29) is 11.7 Å². The molecule has 0 aromatic heterocycles. The Balaban J connectivity index is 2.21. The monoisotopic (exact) mass is 215 g/mol. The average molecular weight is 215 g/mol. The lowest BCUT2D eigenvalue weighted by molar-refractivity contribution is -0.275. The zero-order valence-electron chi connectivity index (χ0n) is 7.92. The molecule has 4 heteroatoms. The van der Waals surface area contributed by atoms with Crippen LogP contribution in [-0.4, -0.2) is 6.36 Å². The predicted molar refractivity (Wildman–Crippen MR) is 49.4 cm³/mol. The molecule has 1 aromatic rings. The van der Waals surface area contributed by atoms with Crippen LogP contribution in [0.1, 0.15) is 24.3 Å². The second-order valence-corrected chi connectivity index (χ2v) is 3.51. The molecule has 0 saturated heterocycles. The summed E-state index contributed by atoms with van der Waals surface area (Å²) in [4.78, 5) is 0. The van der Waals surface area contributed by atoms with Crippen molar-refractivity contribution in [3.63, 3.8) is 0 Å². The van der Waals surface area contributed by atoms with Crippen molar-refractivity contribution in [2.45, 2.75) is 25.1 Å². The Hall–Kier alpha value is -1.19. The fraction of sp³-hybridized carbons (Fsp3) is 0.364. The summed E-state index contributed by atoms with van der Waals surface area (Å²) in [5, 5.41) is 0. The molecule has 1 radical (unpaired) electrons. The third-order valence-electron chi connectivity index (χ3n) is 2.47. The van der Waals surface area contributed by atoms with Crippen LogP contribution in [0.25, 0.3) is 0 Å². The fourth-order valence-electron chi connectivity index (χ4n) is 1.62. The summed E-state index contributed by atoms with van der Waals surface area (Å²) < 4.78 is 40.2. The highest BCUT2D eigenvalue weighted by Gasteiger charge is 2.33. The summed E-state index contributed by atoms with van der Waals surface area (Å²) in [6.07, 6.45) is -0.748. The molecule has 1 aromatic carbocycles. The maximum atomic E-state index is 12.1. The maximum absolute atomic E-state index is 12.1. The first-order valence-electron chi connectivity index (χ1n) is 4.74. The van der Waals surface area contributed by atoms with Crippen molar-refractivity contribution in [2.24, 2.45) is 0 Å². The van der Waals surface area contributed by atoms with Gasteiger partial charge in [0.15, 0.2) is 0 Å². The van der Waals surface area contributed by atoms with Gasteiger partial charge in [0.2, 0.25) is 0 Å². The van der Waals surface area contributed by atoms with Crippen LogP contribution < -0.4 is 4.74 Å². The van der Waals surface area contributed by atoms with E-state index in [1.54, 1.807) is 18.2 Å². The second-order valence-electron chi connectivity index (χ2n) is 3.51. The van der Waals surface area contributed by atoms with E-state index in [2.05, 4.69) is 4.74 Å². The Bertz CT molecular complexity index is 342. The van der Waals surface area contributed by atoms with E-state index >= 15 is 0 Å². The first-order valence-corrected chi connectivity index (χ1v) is 4.74. The van der Waals surface area contributed by atoms with Gasteiger partial charge in [-0.1, -0.05) is 18.2 Å². The Kier molecular flexibility index (Phi) is 2.59. The molecule has 1 fully saturated rings. The van der Waals surface area contributed by atoms with Gasteiger partial charge in [-0.05, 0) is 36.8 Å². The lowest BCUT2D eigenvalue weighted by Crippen LogP contribution is -2.20. The normalized spacial score (nSPS) is 17.3. The van der Waals surface area contributed by atoms with Crippen molar-refractivity contribution in [3.8, 4) is 5.75 Å². The van der Waals surface area contributed by atoms with Gasteiger partial charge in [-0.25, -0.2) is 0 Å². The van der Waals surface area contributed by atoms with Gasteiger partial charge in [-0.3, -0.25) is 0 Å². The van der Waals surface area contributed by atoms with Gasteiger partial charge in [0.1, 0.15) is 5.75 Å². The highest BCUT2D eigenvalue weighted by Crippen LogP contribution is 2.41. The Morgan fingerprint density at radius 2 is 1.87 bits per heavy atom. The summed E-state index contributed by atoms with van der Waals surface area (Å²) in [5.41, 5.74) is 0.626. The Labute approximate surface area is 85.9 Å². The predicted octanol–water partition coefficient (Wildman–Crippen LogP) is 3.67. The van der Waals surface area contributed by atoms with Gasteiger partial charge in [0.05, 0.1) is 0 Å². The molecule has 1 atom stereocenters. The molecule has 1 unspecified atom stereocenters. The minimum absolute atomic E-state index is 0.0778. The molecule has 1 aliphatic rings. The maximum Gasteiger partial charge on any atom is 0.573 e. The van der Waals surface area contributed by atoms with E-state index in [1.807, 2.05) is 6.42 Å². The van der Waals surface area contributed by atoms with Crippen LogP contribution >= 0.6 is 0 Å². The van der Waals surface area contributed by atoms with Crippen molar-refractivity contribution in [2.75, 3.05) is 0 Å². The van der Waals surface area contributed by atoms with E-state index in [4.69, 9.17) is 0 Å². The van der Waals surface area contributed by atoms with Gasteiger partial charge in [-0.15, -0.1) is 13.2 Å². The molecule has 15 heavy (non-hydrogen) atoms. The third-order valence-corrected chi connectivity index (χ3v) is 2.47. The second kappa shape index (κ2) is 3.76. The van der Waals surface area contributed by atoms with E-state index in [9.17, 15) is 13.2 Å². The summed E-state index contributed by atoms with van der Waals surface area (Å²) in [5.74, 6) is 0.0366. The quantitative estimate of drug-likeness (QED) is 0.731. The van der Waals surface area contributed by atoms with Crippen LogP contribution in [0.4, 0.5) is 13.2 Å². The lowest BCUT2D eigenvalue weighted by Gasteiger charge is -2.27. The minimum Gasteiger partial charge on any atom is -0.405 e. The summed E-state index contributed by atoms with van der Waals surface area (Å²) in [7, 11) is 0. The molecular formula is C11H10F3O. The van der Waals surface area contributed by atoms with Crippen molar-refractivity contribution < 1.29 is 17.9 Å². The van der Waals surface area contributed by atoms with Gasteiger partial charge in [-0.2, -0.15) is 0 Å². The van der Waals surface area contributed by atoms with Crippen LogP contribution in [-0.2, 0) is 0 Å². The SMILES string of the molecule is FC(F)(F)Oc1ccccc1C1[CH]CC1. The van der Waals surface area contributed by atoms with E-state index < -0.39 is 6.36 Å².